The first-order valence-corrected chi connectivity index (χ1v) is 10.1. The third-order valence-corrected chi connectivity index (χ3v) is 5.90. The molecule has 1 aliphatic carbocycles. The highest BCUT2D eigenvalue weighted by atomic mass is 16.1. The third-order valence-electron chi connectivity index (χ3n) is 5.90. The normalized spacial score (nSPS) is 24.1. The van der Waals surface area contributed by atoms with E-state index in [-0.39, 0.29) is 5.56 Å². The monoisotopic (exact) mass is 363 g/mol. The minimum atomic E-state index is 0.0410. The number of pyridine rings is 1. The largest absolute Gasteiger partial charge is 0.329 e. The first-order chi connectivity index (χ1) is 13.2. The van der Waals surface area contributed by atoms with E-state index in [1.807, 2.05) is 12.1 Å². The van der Waals surface area contributed by atoms with Crippen molar-refractivity contribution in [3.8, 4) is 0 Å². The molecule has 2 N–H and O–H groups in total. The van der Waals surface area contributed by atoms with Crippen molar-refractivity contribution in [2.75, 3.05) is 13.1 Å². The Kier molecular flexibility index (Phi) is 5.55. The second kappa shape index (κ2) is 8.24. The van der Waals surface area contributed by atoms with Crippen molar-refractivity contribution in [2.45, 2.75) is 44.8 Å². The van der Waals surface area contributed by atoms with Crippen LogP contribution in [0.15, 0.2) is 59.0 Å². The van der Waals surface area contributed by atoms with E-state index in [1.165, 1.54) is 17.6 Å². The predicted molar refractivity (Wildman–Crippen MR) is 110 cm³/mol. The number of piperidine rings is 1. The van der Waals surface area contributed by atoms with Crippen LogP contribution in [0.3, 0.4) is 0 Å². The van der Waals surface area contributed by atoms with Crippen molar-refractivity contribution in [2.24, 2.45) is 5.92 Å². The zero-order valence-corrected chi connectivity index (χ0v) is 16.0. The summed E-state index contributed by atoms with van der Waals surface area (Å²) >= 11 is 0. The SMILES string of the molecule is CC(=Cc1ccccc1)[C@@H]1C[C@H]1NC1CCN(Cc2ccc[nH]c2=O)CC1. The lowest BCUT2D eigenvalue weighted by molar-refractivity contribution is 0.189. The Morgan fingerprint density at radius 2 is 1.96 bits per heavy atom. The zero-order valence-electron chi connectivity index (χ0n) is 16.0. The topological polar surface area (TPSA) is 48.1 Å². The molecule has 27 heavy (non-hydrogen) atoms. The number of hydrogen-bond donors (Lipinski definition) is 2. The van der Waals surface area contributed by atoms with Crippen LogP contribution in [0, 0.1) is 5.92 Å². The lowest BCUT2D eigenvalue weighted by Gasteiger charge is -2.32. The van der Waals surface area contributed by atoms with Crippen molar-refractivity contribution in [3.05, 3.63) is 75.7 Å². The lowest BCUT2D eigenvalue weighted by atomic mass is 10.0. The first kappa shape index (κ1) is 18.2. The number of H-pyrrole nitrogens is 1. The summed E-state index contributed by atoms with van der Waals surface area (Å²) in [4.78, 5) is 17.0. The number of nitrogens with zero attached hydrogens (tertiary/aromatic N) is 1. The molecule has 2 fully saturated rings. The second-order valence-electron chi connectivity index (χ2n) is 7.99. The molecule has 1 aromatic heterocycles. The van der Waals surface area contributed by atoms with E-state index in [4.69, 9.17) is 0 Å². The fraction of sp³-hybridized carbons (Fsp3) is 0.435. The Hall–Kier alpha value is -2.17. The molecular weight excluding hydrogens is 334 g/mol. The number of rotatable bonds is 6. The molecule has 2 aliphatic rings. The van der Waals surface area contributed by atoms with Gasteiger partial charge in [0, 0.05) is 30.4 Å². The van der Waals surface area contributed by atoms with Crippen LogP contribution < -0.4 is 10.9 Å². The molecule has 2 aromatic rings. The van der Waals surface area contributed by atoms with Gasteiger partial charge in [-0.3, -0.25) is 9.69 Å². The summed E-state index contributed by atoms with van der Waals surface area (Å²) in [7, 11) is 0. The van der Waals surface area contributed by atoms with Crippen molar-refractivity contribution in [1.82, 2.24) is 15.2 Å². The summed E-state index contributed by atoms with van der Waals surface area (Å²) in [5.41, 5.74) is 3.69. The van der Waals surface area contributed by atoms with Crippen molar-refractivity contribution in [3.63, 3.8) is 0 Å². The number of likely N-dealkylation sites (tertiary alicyclic amines) is 1. The fourth-order valence-electron chi connectivity index (χ4n) is 4.18. The van der Waals surface area contributed by atoms with Gasteiger partial charge in [-0.1, -0.05) is 48.0 Å². The summed E-state index contributed by atoms with van der Waals surface area (Å²) < 4.78 is 0. The Bertz CT molecular complexity index is 834. The van der Waals surface area contributed by atoms with Crippen LogP contribution in [0.5, 0.6) is 0 Å². The van der Waals surface area contributed by atoms with Crippen molar-refractivity contribution < 1.29 is 0 Å². The molecule has 1 aliphatic heterocycles. The molecule has 1 saturated heterocycles. The average Bonchev–Trinajstić information content (AvgIpc) is 3.45. The van der Waals surface area contributed by atoms with Crippen molar-refractivity contribution >= 4 is 6.08 Å². The summed E-state index contributed by atoms with van der Waals surface area (Å²) in [6, 6.07) is 15.7. The molecule has 0 bridgehead atoms. The molecule has 0 radical (unpaired) electrons. The molecular formula is C23H29N3O. The average molecular weight is 364 g/mol. The van der Waals surface area contributed by atoms with Crippen LogP contribution >= 0.6 is 0 Å². The molecule has 4 rings (SSSR count). The van der Waals surface area contributed by atoms with Gasteiger partial charge in [0.1, 0.15) is 0 Å². The highest BCUT2D eigenvalue weighted by Gasteiger charge is 2.39. The zero-order chi connectivity index (χ0) is 18.6. The number of benzene rings is 1. The van der Waals surface area contributed by atoms with Gasteiger partial charge in [-0.2, -0.15) is 0 Å². The highest BCUT2D eigenvalue weighted by molar-refractivity contribution is 5.53. The Morgan fingerprint density at radius 3 is 2.70 bits per heavy atom. The van der Waals surface area contributed by atoms with Gasteiger partial charge in [-0.25, -0.2) is 0 Å². The summed E-state index contributed by atoms with van der Waals surface area (Å²) in [6.45, 7) is 5.14. The molecule has 0 unspecified atom stereocenters. The maximum atomic E-state index is 11.8. The quantitative estimate of drug-likeness (QED) is 0.827. The molecule has 0 amide bonds. The van der Waals surface area contributed by atoms with Crippen LogP contribution in [0.25, 0.3) is 6.08 Å². The van der Waals surface area contributed by atoms with E-state index in [2.05, 4.69) is 58.5 Å². The van der Waals surface area contributed by atoms with E-state index in [0.717, 1.165) is 38.0 Å². The Labute approximate surface area is 161 Å². The predicted octanol–water partition coefficient (Wildman–Crippen LogP) is 3.42. The number of nitrogens with one attached hydrogen (secondary N) is 2. The van der Waals surface area contributed by atoms with Crippen LogP contribution in [-0.4, -0.2) is 35.1 Å². The number of aromatic nitrogens is 1. The van der Waals surface area contributed by atoms with Gasteiger partial charge < -0.3 is 10.3 Å². The first-order valence-electron chi connectivity index (χ1n) is 10.1. The molecule has 1 saturated carbocycles. The van der Waals surface area contributed by atoms with Crippen LogP contribution in [0.4, 0.5) is 0 Å². The smallest absolute Gasteiger partial charge is 0.252 e. The lowest BCUT2D eigenvalue weighted by Crippen LogP contribution is -2.43. The van der Waals surface area contributed by atoms with E-state index < -0.39 is 0 Å². The van der Waals surface area contributed by atoms with Crippen molar-refractivity contribution in [1.29, 1.82) is 0 Å². The van der Waals surface area contributed by atoms with E-state index >= 15 is 0 Å². The van der Waals surface area contributed by atoms with E-state index in [1.54, 1.807) is 6.20 Å². The van der Waals surface area contributed by atoms with Gasteiger partial charge in [-0.15, -0.1) is 0 Å². The van der Waals surface area contributed by atoms with Gasteiger partial charge in [0.05, 0.1) is 0 Å². The minimum absolute atomic E-state index is 0.0410. The highest BCUT2D eigenvalue weighted by Crippen LogP contribution is 2.38. The summed E-state index contributed by atoms with van der Waals surface area (Å²) in [5.74, 6) is 0.686. The molecule has 0 spiro atoms. The molecule has 4 nitrogen and oxygen atoms in total. The number of aromatic amines is 1. The van der Waals surface area contributed by atoms with Crippen LogP contribution in [0.2, 0.25) is 0 Å². The standard InChI is InChI=1S/C23H29N3O/c1-17(14-18-6-3-2-4-7-18)21-15-22(21)25-20-9-12-26(13-10-20)16-19-8-5-11-24-23(19)27/h2-8,11,14,20-22,25H,9-10,12-13,15-16H2,1H3,(H,24,27)/t21-,22+/m0/s1. The summed E-state index contributed by atoms with van der Waals surface area (Å²) in [5, 5.41) is 3.87. The molecule has 2 atom stereocenters. The van der Waals surface area contributed by atoms with Crippen LogP contribution in [0.1, 0.15) is 37.3 Å². The molecule has 4 heteroatoms. The molecule has 1 aromatic carbocycles. The van der Waals surface area contributed by atoms with Gasteiger partial charge in [0.25, 0.3) is 5.56 Å². The maximum absolute atomic E-state index is 11.8. The van der Waals surface area contributed by atoms with Gasteiger partial charge >= 0.3 is 0 Å². The van der Waals surface area contributed by atoms with E-state index in [0.29, 0.717) is 18.0 Å². The third kappa shape index (κ3) is 4.76. The van der Waals surface area contributed by atoms with Gasteiger partial charge in [0.15, 0.2) is 0 Å². The maximum Gasteiger partial charge on any atom is 0.252 e. The molecule has 142 valence electrons. The Morgan fingerprint density at radius 1 is 1.19 bits per heavy atom. The van der Waals surface area contributed by atoms with Gasteiger partial charge in [0.2, 0.25) is 0 Å². The second-order valence-corrected chi connectivity index (χ2v) is 7.99. The molecule has 2 heterocycles. The fourth-order valence-corrected chi connectivity index (χ4v) is 4.18. The summed E-state index contributed by atoms with van der Waals surface area (Å²) in [6.07, 6.45) is 7.61. The minimum Gasteiger partial charge on any atom is -0.329 e. The number of hydrogen-bond acceptors (Lipinski definition) is 3. The Balaban J connectivity index is 1.23. The van der Waals surface area contributed by atoms with Crippen LogP contribution in [-0.2, 0) is 6.54 Å². The van der Waals surface area contributed by atoms with Gasteiger partial charge in [-0.05, 0) is 56.8 Å². The van der Waals surface area contributed by atoms with E-state index in [9.17, 15) is 4.79 Å².